The molecule has 2 saturated carbocycles. The molecule has 3 nitrogen and oxygen atoms in total. The van der Waals surface area contributed by atoms with Gasteiger partial charge in [-0.1, -0.05) is 26.0 Å². The second kappa shape index (κ2) is 5.14. The Balaban J connectivity index is 1.77. The number of carbonyl (C=O) groups excluding carboxylic acids is 2. The highest BCUT2D eigenvalue weighted by Gasteiger charge is 2.62. The molecule has 0 aliphatic heterocycles. The first-order valence-electron chi connectivity index (χ1n) is 9.40. The number of aliphatic hydroxyl groups excluding tert-OH is 1. The van der Waals surface area contributed by atoms with Gasteiger partial charge < -0.3 is 5.11 Å². The Morgan fingerprint density at radius 3 is 2.71 bits per heavy atom. The van der Waals surface area contributed by atoms with Gasteiger partial charge in [-0.2, -0.15) is 0 Å². The molecule has 0 aromatic heterocycles. The predicted molar refractivity (Wildman–Crippen MR) is 92.2 cm³/mol. The summed E-state index contributed by atoms with van der Waals surface area (Å²) >= 11 is 0. The van der Waals surface area contributed by atoms with Crippen molar-refractivity contribution in [2.24, 2.45) is 34.5 Å². The van der Waals surface area contributed by atoms with Crippen molar-refractivity contribution in [2.45, 2.75) is 59.0 Å². The molecule has 7 atom stereocenters. The third kappa shape index (κ3) is 1.94. The lowest BCUT2D eigenvalue weighted by molar-refractivity contribution is -0.141. The molecule has 4 aliphatic rings. The molecule has 1 N–H and O–H groups in total. The maximum absolute atomic E-state index is 12.2. The quantitative estimate of drug-likeness (QED) is 0.802. The molecular formula is C21H28O3. The first-order valence-corrected chi connectivity index (χ1v) is 9.40. The van der Waals surface area contributed by atoms with E-state index in [1.54, 1.807) is 6.92 Å². The fourth-order valence-corrected chi connectivity index (χ4v) is 6.63. The molecule has 0 heterocycles. The minimum absolute atomic E-state index is 0.00970. The van der Waals surface area contributed by atoms with E-state index in [1.165, 1.54) is 0 Å². The molecule has 2 fully saturated rings. The van der Waals surface area contributed by atoms with Crippen molar-refractivity contribution in [1.82, 2.24) is 0 Å². The van der Waals surface area contributed by atoms with Crippen LogP contribution in [0.5, 0.6) is 0 Å². The van der Waals surface area contributed by atoms with Gasteiger partial charge in [0.1, 0.15) is 5.78 Å². The summed E-state index contributed by atoms with van der Waals surface area (Å²) in [4.78, 5) is 24.0. The Morgan fingerprint density at radius 1 is 1.25 bits per heavy atom. The van der Waals surface area contributed by atoms with Crippen molar-refractivity contribution in [3.63, 3.8) is 0 Å². The molecule has 130 valence electrons. The second-order valence-corrected chi connectivity index (χ2v) is 8.99. The largest absolute Gasteiger partial charge is 0.393 e. The predicted octanol–water partition coefficient (Wildman–Crippen LogP) is 3.47. The number of Topliss-reactive ketones (excluding diaryl/α,β-unsaturated/α-hetero) is 1. The summed E-state index contributed by atoms with van der Waals surface area (Å²) in [6.07, 6.45) is 10.0. The first-order chi connectivity index (χ1) is 11.3. The molecule has 0 spiro atoms. The lowest BCUT2D eigenvalue weighted by Gasteiger charge is -2.57. The number of fused-ring (bicyclic) bond motifs is 5. The number of aliphatic hydroxyl groups is 1. The maximum atomic E-state index is 12.2. The Kier molecular flexibility index (Phi) is 3.48. The Hall–Kier alpha value is -1.22. The molecule has 0 saturated heterocycles. The summed E-state index contributed by atoms with van der Waals surface area (Å²) in [5, 5.41) is 11.1. The van der Waals surface area contributed by atoms with Crippen LogP contribution in [0, 0.1) is 34.5 Å². The molecule has 0 unspecified atom stereocenters. The topological polar surface area (TPSA) is 54.4 Å². The lowest BCUT2D eigenvalue weighted by Crippen LogP contribution is -2.56. The van der Waals surface area contributed by atoms with E-state index in [2.05, 4.69) is 26.0 Å². The van der Waals surface area contributed by atoms with Gasteiger partial charge in [-0.05, 0) is 67.4 Å². The molecule has 4 aliphatic carbocycles. The van der Waals surface area contributed by atoms with Gasteiger partial charge in [0, 0.05) is 17.8 Å². The SMILES string of the molecule is CC(=O)[C@@H]1CC[C@H]2[C@@H]3C=CC4=CC(=O)CC[C@]4(C)[C@H]3C[C@@H](O)[C@]12C. The summed E-state index contributed by atoms with van der Waals surface area (Å²) in [5.74, 6) is 1.60. The zero-order valence-electron chi connectivity index (χ0n) is 14.9. The van der Waals surface area contributed by atoms with E-state index < -0.39 is 6.10 Å². The number of hydrogen-bond acceptors (Lipinski definition) is 3. The zero-order valence-corrected chi connectivity index (χ0v) is 14.9. The molecule has 0 radical (unpaired) electrons. The van der Waals surface area contributed by atoms with Crippen LogP contribution in [0.25, 0.3) is 0 Å². The normalized spacial score (nSPS) is 49.9. The Bertz CT molecular complexity index is 660. The van der Waals surface area contributed by atoms with Gasteiger partial charge in [0.25, 0.3) is 0 Å². The van der Waals surface area contributed by atoms with Crippen molar-refractivity contribution in [3.05, 3.63) is 23.8 Å². The van der Waals surface area contributed by atoms with Crippen LogP contribution in [0.3, 0.4) is 0 Å². The van der Waals surface area contributed by atoms with Crippen molar-refractivity contribution in [1.29, 1.82) is 0 Å². The Morgan fingerprint density at radius 2 is 2.00 bits per heavy atom. The monoisotopic (exact) mass is 328 g/mol. The summed E-state index contributed by atoms with van der Waals surface area (Å²) in [6.45, 7) is 6.10. The number of ketones is 2. The molecule has 24 heavy (non-hydrogen) atoms. The van der Waals surface area contributed by atoms with Gasteiger partial charge in [0.15, 0.2) is 5.78 Å². The fourth-order valence-electron chi connectivity index (χ4n) is 6.63. The number of hydrogen-bond donors (Lipinski definition) is 1. The van der Waals surface area contributed by atoms with E-state index in [4.69, 9.17) is 0 Å². The van der Waals surface area contributed by atoms with Crippen LogP contribution in [0.15, 0.2) is 23.8 Å². The lowest BCUT2D eigenvalue weighted by atomic mass is 9.47. The van der Waals surface area contributed by atoms with Crippen LogP contribution in [0.4, 0.5) is 0 Å². The molecule has 0 bridgehead atoms. The molecule has 4 rings (SSSR count). The van der Waals surface area contributed by atoms with Crippen LogP contribution in [0.1, 0.15) is 52.9 Å². The molecule has 0 amide bonds. The number of carbonyl (C=O) groups is 2. The first kappa shape index (κ1) is 16.3. The summed E-state index contributed by atoms with van der Waals surface area (Å²) in [7, 11) is 0. The van der Waals surface area contributed by atoms with E-state index in [0.29, 0.717) is 24.2 Å². The van der Waals surface area contributed by atoms with Crippen molar-refractivity contribution in [3.8, 4) is 0 Å². The van der Waals surface area contributed by atoms with Gasteiger partial charge in [-0.25, -0.2) is 0 Å². The van der Waals surface area contributed by atoms with E-state index in [0.717, 1.165) is 31.3 Å². The third-order valence-electron chi connectivity index (χ3n) is 8.11. The van der Waals surface area contributed by atoms with Crippen LogP contribution in [0.2, 0.25) is 0 Å². The smallest absolute Gasteiger partial charge is 0.156 e. The fraction of sp³-hybridized carbons (Fsp3) is 0.714. The molecule has 3 heteroatoms. The highest BCUT2D eigenvalue weighted by Crippen LogP contribution is 2.65. The van der Waals surface area contributed by atoms with E-state index >= 15 is 0 Å². The van der Waals surface area contributed by atoms with Gasteiger partial charge >= 0.3 is 0 Å². The van der Waals surface area contributed by atoms with Crippen molar-refractivity contribution >= 4 is 11.6 Å². The van der Waals surface area contributed by atoms with Crippen LogP contribution >= 0.6 is 0 Å². The molecule has 0 aromatic carbocycles. The van der Waals surface area contributed by atoms with Crippen molar-refractivity contribution in [2.75, 3.05) is 0 Å². The molecule has 0 aromatic rings. The van der Waals surface area contributed by atoms with E-state index in [-0.39, 0.29) is 28.3 Å². The zero-order chi connectivity index (χ0) is 17.3. The van der Waals surface area contributed by atoms with E-state index in [1.807, 2.05) is 6.08 Å². The van der Waals surface area contributed by atoms with Gasteiger partial charge in [0.2, 0.25) is 0 Å². The third-order valence-corrected chi connectivity index (χ3v) is 8.11. The highest BCUT2D eigenvalue weighted by atomic mass is 16.3. The minimum Gasteiger partial charge on any atom is -0.393 e. The average molecular weight is 328 g/mol. The van der Waals surface area contributed by atoms with Gasteiger partial charge in [-0.3, -0.25) is 9.59 Å². The second-order valence-electron chi connectivity index (χ2n) is 8.99. The van der Waals surface area contributed by atoms with E-state index in [9.17, 15) is 14.7 Å². The number of allylic oxidation sites excluding steroid dienone is 4. The standard InChI is InChI=1S/C21H28O3/c1-12(22)16-6-7-17-15-5-4-13-10-14(23)8-9-20(13,2)18(15)11-19(24)21(16,17)3/h4-5,10,15-19,24H,6-9,11H2,1-3H3/t15-,16-,17-,18-,19+,20-,21+/m0/s1. The van der Waals surface area contributed by atoms with Crippen LogP contribution in [-0.2, 0) is 9.59 Å². The highest BCUT2D eigenvalue weighted by molar-refractivity contribution is 5.92. The minimum atomic E-state index is -0.428. The van der Waals surface area contributed by atoms with Crippen LogP contribution in [-0.4, -0.2) is 22.8 Å². The van der Waals surface area contributed by atoms with Gasteiger partial charge in [-0.15, -0.1) is 0 Å². The summed E-state index contributed by atoms with van der Waals surface area (Å²) in [5.41, 5.74) is 0.848. The average Bonchev–Trinajstić information content (AvgIpc) is 2.88. The van der Waals surface area contributed by atoms with Crippen molar-refractivity contribution < 1.29 is 14.7 Å². The van der Waals surface area contributed by atoms with Gasteiger partial charge in [0.05, 0.1) is 6.10 Å². The summed E-state index contributed by atoms with van der Waals surface area (Å²) < 4.78 is 0. The number of rotatable bonds is 1. The molecular weight excluding hydrogens is 300 g/mol. The summed E-state index contributed by atoms with van der Waals surface area (Å²) in [6, 6.07) is 0. The van der Waals surface area contributed by atoms with Crippen LogP contribution < -0.4 is 0 Å². The maximum Gasteiger partial charge on any atom is 0.156 e. The Labute approximate surface area is 144 Å².